The van der Waals surface area contributed by atoms with Crippen molar-refractivity contribution < 1.29 is 23.1 Å². The number of amides is 2. The number of halogens is 3. The number of anilines is 1. The molecule has 0 fully saturated rings. The monoisotopic (exact) mass is 304 g/mol. The van der Waals surface area contributed by atoms with E-state index in [0.717, 1.165) is 12.8 Å². The van der Waals surface area contributed by atoms with Crippen LogP contribution in [0.3, 0.4) is 0 Å². The Morgan fingerprint density at radius 2 is 1.86 bits per heavy atom. The quantitative estimate of drug-likeness (QED) is 0.725. The number of hydrogen-bond donors (Lipinski definition) is 3. The van der Waals surface area contributed by atoms with Crippen LogP contribution in [-0.2, 0) is 0 Å². The normalized spacial score (nSPS) is 12.0. The summed E-state index contributed by atoms with van der Waals surface area (Å²) in [6.45, 7) is 2.27. The molecular weight excluding hydrogens is 285 g/mol. The van der Waals surface area contributed by atoms with Gasteiger partial charge in [-0.2, -0.15) is 0 Å². The zero-order valence-corrected chi connectivity index (χ0v) is 11.8. The molecule has 0 saturated carbocycles. The van der Waals surface area contributed by atoms with Crippen LogP contribution < -0.4 is 10.6 Å². The molecule has 7 heteroatoms. The number of aliphatic hydroxyl groups excluding tert-OH is 1. The number of rotatable bonds is 7. The maximum Gasteiger partial charge on any atom is 0.319 e. The minimum atomic E-state index is -1.18. The molecule has 2 amide bonds. The molecule has 0 radical (unpaired) electrons. The zero-order chi connectivity index (χ0) is 15.8. The molecule has 1 aromatic carbocycles. The molecule has 0 aliphatic carbocycles. The van der Waals surface area contributed by atoms with Crippen LogP contribution in [-0.4, -0.2) is 24.3 Å². The Labute approximate surface area is 121 Å². The summed E-state index contributed by atoms with van der Waals surface area (Å²) in [7, 11) is 0. The van der Waals surface area contributed by atoms with Gasteiger partial charge in [-0.15, -0.1) is 0 Å². The molecule has 1 aromatic rings. The van der Waals surface area contributed by atoms with E-state index in [1.54, 1.807) is 0 Å². The van der Waals surface area contributed by atoms with Gasteiger partial charge in [-0.25, -0.2) is 18.0 Å². The summed E-state index contributed by atoms with van der Waals surface area (Å²) < 4.78 is 39.5. The van der Waals surface area contributed by atoms with E-state index in [-0.39, 0.29) is 19.1 Å². The summed E-state index contributed by atoms with van der Waals surface area (Å²) in [5.41, 5.74) is -0.692. The van der Waals surface area contributed by atoms with Crippen molar-refractivity contribution >= 4 is 11.7 Å². The Bertz CT molecular complexity index is 454. The summed E-state index contributed by atoms with van der Waals surface area (Å²) in [4.78, 5) is 11.6. The zero-order valence-electron chi connectivity index (χ0n) is 11.8. The minimum Gasteiger partial charge on any atom is -0.396 e. The third-order valence-corrected chi connectivity index (χ3v) is 3.03. The smallest absolute Gasteiger partial charge is 0.319 e. The van der Waals surface area contributed by atoms with Gasteiger partial charge in [-0.1, -0.05) is 13.3 Å². The minimum absolute atomic E-state index is 0.00911. The highest BCUT2D eigenvalue weighted by molar-refractivity contribution is 5.89. The molecule has 1 rings (SSSR count). The van der Waals surface area contributed by atoms with Crippen molar-refractivity contribution in [2.24, 2.45) is 5.92 Å². The summed E-state index contributed by atoms with van der Waals surface area (Å²) in [5.74, 6) is -3.32. The second-order valence-electron chi connectivity index (χ2n) is 4.75. The predicted molar refractivity (Wildman–Crippen MR) is 73.4 cm³/mol. The van der Waals surface area contributed by atoms with Crippen molar-refractivity contribution in [2.75, 3.05) is 18.5 Å². The summed E-state index contributed by atoms with van der Waals surface area (Å²) in [6, 6.07) is 0.202. The Hall–Kier alpha value is -1.76. The standard InChI is InChI=1S/C14H19F3N2O2/c1-2-3-9(4-5-20)8-18-14(21)19-13-11(16)6-10(15)7-12(13)17/h6-7,9,20H,2-5,8H2,1H3,(H2,18,19,21). The number of carbonyl (C=O) groups is 1. The van der Waals surface area contributed by atoms with E-state index in [9.17, 15) is 18.0 Å². The molecule has 118 valence electrons. The number of urea groups is 1. The first kappa shape index (κ1) is 17.3. The Balaban J connectivity index is 2.57. The highest BCUT2D eigenvalue weighted by atomic mass is 19.1. The van der Waals surface area contributed by atoms with Crippen LogP contribution in [0.2, 0.25) is 0 Å². The lowest BCUT2D eigenvalue weighted by molar-refractivity contribution is 0.236. The molecule has 0 aliphatic heterocycles. The van der Waals surface area contributed by atoms with Crippen LogP contribution in [0.4, 0.5) is 23.7 Å². The largest absolute Gasteiger partial charge is 0.396 e. The third-order valence-electron chi connectivity index (χ3n) is 3.03. The maximum atomic E-state index is 13.4. The van der Waals surface area contributed by atoms with E-state index in [1.165, 1.54) is 0 Å². The molecular formula is C14H19F3N2O2. The average molecular weight is 304 g/mol. The molecule has 0 heterocycles. The van der Waals surface area contributed by atoms with E-state index in [1.807, 2.05) is 12.2 Å². The molecule has 1 atom stereocenters. The molecule has 21 heavy (non-hydrogen) atoms. The third kappa shape index (κ3) is 5.63. The SMILES string of the molecule is CCCC(CCO)CNC(=O)Nc1c(F)cc(F)cc1F. The Morgan fingerprint density at radius 3 is 2.38 bits per heavy atom. The van der Waals surface area contributed by atoms with E-state index >= 15 is 0 Å². The van der Waals surface area contributed by atoms with E-state index < -0.39 is 29.2 Å². The molecule has 4 nitrogen and oxygen atoms in total. The fourth-order valence-electron chi connectivity index (χ4n) is 2.00. The van der Waals surface area contributed by atoms with Gasteiger partial charge in [0.25, 0.3) is 0 Å². The van der Waals surface area contributed by atoms with Gasteiger partial charge in [0.2, 0.25) is 0 Å². The Kier molecular flexibility index (Phi) is 7.01. The van der Waals surface area contributed by atoms with Crippen LogP contribution in [0.5, 0.6) is 0 Å². The lowest BCUT2D eigenvalue weighted by atomic mass is 10.0. The van der Waals surface area contributed by atoms with Gasteiger partial charge in [0, 0.05) is 25.3 Å². The first-order valence-electron chi connectivity index (χ1n) is 6.78. The molecule has 0 aliphatic rings. The van der Waals surface area contributed by atoms with Crippen molar-refractivity contribution in [2.45, 2.75) is 26.2 Å². The Morgan fingerprint density at radius 1 is 1.24 bits per heavy atom. The van der Waals surface area contributed by atoms with E-state index in [4.69, 9.17) is 5.11 Å². The van der Waals surface area contributed by atoms with E-state index in [0.29, 0.717) is 18.6 Å². The van der Waals surface area contributed by atoms with Gasteiger partial charge >= 0.3 is 6.03 Å². The van der Waals surface area contributed by atoms with Crippen LogP contribution in [0.1, 0.15) is 26.2 Å². The first-order chi connectivity index (χ1) is 9.97. The fraction of sp³-hybridized carbons (Fsp3) is 0.500. The van der Waals surface area contributed by atoms with Crippen LogP contribution in [0.15, 0.2) is 12.1 Å². The highest BCUT2D eigenvalue weighted by Crippen LogP contribution is 2.20. The van der Waals surface area contributed by atoms with Gasteiger partial charge in [-0.3, -0.25) is 0 Å². The summed E-state index contributed by atoms with van der Waals surface area (Å²) >= 11 is 0. The van der Waals surface area contributed by atoms with E-state index in [2.05, 4.69) is 5.32 Å². The number of hydrogen-bond acceptors (Lipinski definition) is 2. The molecule has 0 bridgehead atoms. The van der Waals surface area contributed by atoms with Crippen LogP contribution in [0.25, 0.3) is 0 Å². The van der Waals surface area contributed by atoms with Gasteiger partial charge in [0.05, 0.1) is 0 Å². The van der Waals surface area contributed by atoms with Crippen LogP contribution in [0, 0.1) is 23.4 Å². The van der Waals surface area contributed by atoms with Crippen molar-refractivity contribution in [3.63, 3.8) is 0 Å². The molecule has 0 saturated heterocycles. The molecule has 0 aromatic heterocycles. The van der Waals surface area contributed by atoms with Crippen molar-refractivity contribution in [3.05, 3.63) is 29.6 Å². The average Bonchev–Trinajstić information content (AvgIpc) is 2.40. The molecule has 1 unspecified atom stereocenters. The highest BCUT2D eigenvalue weighted by Gasteiger charge is 2.15. The molecule has 3 N–H and O–H groups in total. The van der Waals surface area contributed by atoms with Crippen molar-refractivity contribution in [1.82, 2.24) is 5.32 Å². The van der Waals surface area contributed by atoms with Crippen molar-refractivity contribution in [1.29, 1.82) is 0 Å². The lowest BCUT2D eigenvalue weighted by Crippen LogP contribution is -2.34. The van der Waals surface area contributed by atoms with Gasteiger partial charge < -0.3 is 15.7 Å². The lowest BCUT2D eigenvalue weighted by Gasteiger charge is -2.16. The predicted octanol–water partition coefficient (Wildman–Crippen LogP) is 3.02. The number of carbonyl (C=O) groups excluding carboxylic acids is 1. The number of nitrogens with one attached hydrogen (secondary N) is 2. The van der Waals surface area contributed by atoms with Crippen molar-refractivity contribution in [3.8, 4) is 0 Å². The fourth-order valence-corrected chi connectivity index (χ4v) is 2.00. The summed E-state index contributed by atoms with van der Waals surface area (Å²) in [6.07, 6.45) is 2.25. The number of aliphatic hydroxyl groups is 1. The summed E-state index contributed by atoms with van der Waals surface area (Å²) in [5, 5.41) is 13.4. The first-order valence-corrected chi connectivity index (χ1v) is 6.78. The second-order valence-corrected chi connectivity index (χ2v) is 4.75. The maximum absolute atomic E-state index is 13.4. The molecule has 0 spiro atoms. The number of benzene rings is 1. The van der Waals surface area contributed by atoms with Gasteiger partial charge in [0.15, 0.2) is 11.6 Å². The second kappa shape index (κ2) is 8.51. The van der Waals surface area contributed by atoms with Crippen LogP contribution >= 0.6 is 0 Å². The van der Waals surface area contributed by atoms with Gasteiger partial charge in [-0.05, 0) is 18.8 Å². The topological polar surface area (TPSA) is 61.4 Å². The van der Waals surface area contributed by atoms with Gasteiger partial charge in [0.1, 0.15) is 11.5 Å².